The van der Waals surface area contributed by atoms with Crippen molar-refractivity contribution in [3.05, 3.63) is 17.5 Å². The van der Waals surface area contributed by atoms with Crippen molar-refractivity contribution < 1.29 is 4.79 Å². The summed E-state index contributed by atoms with van der Waals surface area (Å²) in [5.41, 5.74) is 2.03. The Kier molecular flexibility index (Phi) is 7.28. The maximum Gasteiger partial charge on any atom is 0.245 e. The van der Waals surface area contributed by atoms with Gasteiger partial charge in [0.05, 0.1) is 5.69 Å². The van der Waals surface area contributed by atoms with Crippen LogP contribution in [-0.2, 0) is 4.79 Å². The Labute approximate surface area is 146 Å². The largest absolute Gasteiger partial charge is 0.351 e. The van der Waals surface area contributed by atoms with Crippen molar-refractivity contribution >= 4 is 5.91 Å². The van der Waals surface area contributed by atoms with Crippen molar-refractivity contribution in [2.75, 3.05) is 19.6 Å². The predicted molar refractivity (Wildman–Crippen MR) is 98.2 cm³/mol. The van der Waals surface area contributed by atoms with Crippen LogP contribution in [-0.4, -0.2) is 46.3 Å². The van der Waals surface area contributed by atoms with Crippen LogP contribution >= 0.6 is 0 Å². The third-order valence-electron chi connectivity index (χ3n) is 4.82. The molecule has 2 atom stereocenters. The van der Waals surface area contributed by atoms with Crippen molar-refractivity contribution in [2.45, 2.75) is 78.3 Å². The molecular formula is C19H34N4O. The first kappa shape index (κ1) is 19.0. The van der Waals surface area contributed by atoms with Crippen LogP contribution in [0.2, 0.25) is 0 Å². The summed E-state index contributed by atoms with van der Waals surface area (Å²) in [6.45, 7) is 11.5. The van der Waals surface area contributed by atoms with Crippen molar-refractivity contribution in [2.24, 2.45) is 0 Å². The smallest absolute Gasteiger partial charge is 0.245 e. The molecule has 1 aromatic rings. The van der Waals surface area contributed by atoms with E-state index < -0.39 is 0 Å². The summed E-state index contributed by atoms with van der Waals surface area (Å²) in [5, 5.41) is 7.76. The van der Waals surface area contributed by atoms with E-state index in [-0.39, 0.29) is 18.0 Å². The zero-order valence-electron chi connectivity index (χ0n) is 15.8. The number of carbonyl (C=O) groups is 1. The molecule has 5 nitrogen and oxygen atoms in total. The number of nitrogens with zero attached hydrogens (tertiary/aromatic N) is 3. The summed E-state index contributed by atoms with van der Waals surface area (Å²) < 4.78 is 1.90. The average Bonchev–Trinajstić information content (AvgIpc) is 2.72. The molecule has 0 aromatic carbocycles. The molecular weight excluding hydrogens is 300 g/mol. The van der Waals surface area contributed by atoms with E-state index in [0.29, 0.717) is 0 Å². The van der Waals surface area contributed by atoms with Gasteiger partial charge in [0.1, 0.15) is 6.04 Å². The van der Waals surface area contributed by atoms with E-state index in [1.165, 1.54) is 25.7 Å². The van der Waals surface area contributed by atoms with Gasteiger partial charge < -0.3 is 10.2 Å². The number of likely N-dealkylation sites (tertiary alicyclic amines) is 1. The Bertz CT molecular complexity index is 517. The molecule has 1 saturated heterocycles. The van der Waals surface area contributed by atoms with Gasteiger partial charge in [0.2, 0.25) is 5.91 Å². The Morgan fingerprint density at radius 2 is 1.92 bits per heavy atom. The zero-order valence-corrected chi connectivity index (χ0v) is 15.8. The fourth-order valence-electron chi connectivity index (χ4n) is 3.69. The summed E-state index contributed by atoms with van der Waals surface area (Å²) in [6, 6.07) is 2.01. The summed E-state index contributed by atoms with van der Waals surface area (Å²) >= 11 is 0. The first-order valence-corrected chi connectivity index (χ1v) is 9.56. The lowest BCUT2D eigenvalue weighted by molar-refractivity contribution is -0.125. The average molecular weight is 335 g/mol. The Hall–Kier alpha value is -1.36. The second kappa shape index (κ2) is 9.21. The summed E-state index contributed by atoms with van der Waals surface area (Å²) in [6.07, 6.45) is 7.04. The Morgan fingerprint density at radius 1 is 1.25 bits per heavy atom. The molecule has 1 aromatic heterocycles. The monoisotopic (exact) mass is 334 g/mol. The second-order valence-electron chi connectivity index (χ2n) is 7.30. The summed E-state index contributed by atoms with van der Waals surface area (Å²) in [5.74, 6) is 0.102. The second-order valence-corrected chi connectivity index (χ2v) is 7.30. The standard InChI is InChI=1S/C19H34N4O/c1-5-10-18(23-17(4)13-15(2)21-23)19(24)20-16(3)14-22-11-8-6-7-9-12-22/h13,16,18H,5-12,14H2,1-4H3,(H,20,24)/t16-,18-/m1/s1. The van der Waals surface area contributed by atoms with Crippen LogP contribution < -0.4 is 5.32 Å². The Balaban J connectivity index is 1.95. The van der Waals surface area contributed by atoms with Gasteiger partial charge in [-0.25, -0.2) is 0 Å². The van der Waals surface area contributed by atoms with Gasteiger partial charge in [-0.05, 0) is 59.2 Å². The van der Waals surface area contributed by atoms with Gasteiger partial charge >= 0.3 is 0 Å². The quantitative estimate of drug-likeness (QED) is 0.833. The van der Waals surface area contributed by atoms with E-state index in [4.69, 9.17) is 0 Å². The van der Waals surface area contributed by atoms with E-state index in [1.54, 1.807) is 0 Å². The zero-order chi connectivity index (χ0) is 17.5. The molecule has 2 heterocycles. The first-order valence-electron chi connectivity index (χ1n) is 9.56. The number of nitrogens with one attached hydrogen (secondary N) is 1. The lowest BCUT2D eigenvalue weighted by Gasteiger charge is -2.26. The molecule has 0 radical (unpaired) electrons. The van der Waals surface area contributed by atoms with Crippen LogP contribution in [0.1, 0.15) is 69.8 Å². The minimum atomic E-state index is -0.199. The lowest BCUT2D eigenvalue weighted by atomic mass is 10.1. The summed E-state index contributed by atoms with van der Waals surface area (Å²) in [4.78, 5) is 15.3. The number of hydrogen-bond acceptors (Lipinski definition) is 3. The van der Waals surface area contributed by atoms with Crippen LogP contribution in [0, 0.1) is 13.8 Å². The fraction of sp³-hybridized carbons (Fsp3) is 0.789. The van der Waals surface area contributed by atoms with E-state index in [2.05, 4.69) is 29.2 Å². The summed E-state index contributed by atoms with van der Waals surface area (Å²) in [7, 11) is 0. The highest BCUT2D eigenvalue weighted by atomic mass is 16.2. The van der Waals surface area contributed by atoms with E-state index >= 15 is 0 Å². The van der Waals surface area contributed by atoms with Crippen LogP contribution in [0.5, 0.6) is 0 Å². The predicted octanol–water partition coefficient (Wildman–Crippen LogP) is 3.22. The van der Waals surface area contributed by atoms with Crippen molar-refractivity contribution in [3.8, 4) is 0 Å². The molecule has 1 amide bonds. The van der Waals surface area contributed by atoms with Gasteiger partial charge in [-0.1, -0.05) is 26.2 Å². The van der Waals surface area contributed by atoms with E-state index in [1.807, 2.05) is 24.6 Å². The van der Waals surface area contributed by atoms with Crippen LogP contribution in [0.15, 0.2) is 6.07 Å². The molecule has 1 aliphatic heterocycles. The van der Waals surface area contributed by atoms with Crippen LogP contribution in [0.4, 0.5) is 0 Å². The number of aromatic nitrogens is 2. The van der Waals surface area contributed by atoms with Crippen molar-refractivity contribution in [1.29, 1.82) is 0 Å². The topological polar surface area (TPSA) is 50.2 Å². The molecule has 1 N–H and O–H groups in total. The molecule has 0 spiro atoms. The van der Waals surface area contributed by atoms with Gasteiger partial charge in [-0.3, -0.25) is 9.48 Å². The third-order valence-corrected chi connectivity index (χ3v) is 4.82. The van der Waals surface area contributed by atoms with Gasteiger partial charge in [0.15, 0.2) is 0 Å². The maximum atomic E-state index is 12.8. The minimum Gasteiger partial charge on any atom is -0.351 e. The molecule has 1 aliphatic rings. The number of hydrogen-bond donors (Lipinski definition) is 1. The molecule has 2 rings (SSSR count). The van der Waals surface area contributed by atoms with Gasteiger partial charge in [0.25, 0.3) is 0 Å². The number of amides is 1. The molecule has 1 fully saturated rings. The SMILES string of the molecule is CCC[C@H](C(=O)N[C@H](C)CN1CCCCCC1)n1nc(C)cc1C. The van der Waals surface area contributed by atoms with Gasteiger partial charge in [0, 0.05) is 18.3 Å². The molecule has 0 unspecified atom stereocenters. The third kappa shape index (κ3) is 5.33. The highest BCUT2D eigenvalue weighted by Gasteiger charge is 2.24. The Morgan fingerprint density at radius 3 is 2.46 bits per heavy atom. The number of rotatable bonds is 7. The van der Waals surface area contributed by atoms with Crippen molar-refractivity contribution in [3.63, 3.8) is 0 Å². The van der Waals surface area contributed by atoms with E-state index in [0.717, 1.165) is 43.9 Å². The maximum absolute atomic E-state index is 12.8. The minimum absolute atomic E-state index is 0.102. The molecule has 136 valence electrons. The van der Waals surface area contributed by atoms with Crippen molar-refractivity contribution in [1.82, 2.24) is 20.0 Å². The fourth-order valence-corrected chi connectivity index (χ4v) is 3.69. The van der Waals surface area contributed by atoms with Crippen LogP contribution in [0.25, 0.3) is 0 Å². The van der Waals surface area contributed by atoms with Crippen LogP contribution in [0.3, 0.4) is 0 Å². The van der Waals surface area contributed by atoms with E-state index in [9.17, 15) is 4.79 Å². The molecule has 5 heteroatoms. The lowest BCUT2D eigenvalue weighted by Crippen LogP contribution is -2.45. The number of carbonyl (C=O) groups excluding carboxylic acids is 1. The molecule has 0 saturated carbocycles. The molecule has 0 aliphatic carbocycles. The highest BCUT2D eigenvalue weighted by molar-refractivity contribution is 5.80. The highest BCUT2D eigenvalue weighted by Crippen LogP contribution is 2.17. The van der Waals surface area contributed by atoms with Gasteiger partial charge in [-0.2, -0.15) is 5.10 Å². The molecule has 0 bridgehead atoms. The normalized spacial score (nSPS) is 18.8. The van der Waals surface area contributed by atoms with Gasteiger partial charge in [-0.15, -0.1) is 0 Å². The first-order chi connectivity index (χ1) is 11.5. The molecule has 24 heavy (non-hydrogen) atoms. The number of aryl methyl sites for hydroxylation is 2.